The Kier molecular flexibility index (Phi) is 5.35. The molecule has 156 valence electrons. The summed E-state index contributed by atoms with van der Waals surface area (Å²) in [6.45, 7) is 7.24. The van der Waals surface area contributed by atoms with E-state index in [2.05, 4.69) is 37.7 Å². The molecule has 4 rings (SSSR count). The van der Waals surface area contributed by atoms with Crippen LogP contribution in [0.1, 0.15) is 46.8 Å². The van der Waals surface area contributed by atoms with E-state index in [4.69, 9.17) is 13.9 Å². The second-order valence-corrected chi connectivity index (χ2v) is 7.66. The molecular weight excluding hydrogens is 384 g/mol. The lowest BCUT2D eigenvalue weighted by Gasteiger charge is -2.18. The monoisotopic (exact) mass is 408 g/mol. The molecule has 0 bridgehead atoms. The summed E-state index contributed by atoms with van der Waals surface area (Å²) in [5, 5.41) is 0.914. The van der Waals surface area contributed by atoms with Crippen LogP contribution < -0.4 is 20.3 Å². The molecule has 1 aromatic heterocycles. The first kappa shape index (κ1) is 19.8. The van der Waals surface area contributed by atoms with Crippen molar-refractivity contribution in [1.82, 2.24) is 10.9 Å². The molecule has 7 nitrogen and oxygen atoms in total. The second kappa shape index (κ2) is 8.10. The lowest BCUT2D eigenvalue weighted by Crippen LogP contribution is -2.42. The van der Waals surface area contributed by atoms with Crippen LogP contribution in [-0.4, -0.2) is 25.0 Å². The summed E-state index contributed by atoms with van der Waals surface area (Å²) in [6, 6.07) is 8.96. The number of furan rings is 1. The van der Waals surface area contributed by atoms with Crippen molar-refractivity contribution in [3.05, 3.63) is 58.8 Å². The molecule has 0 aliphatic carbocycles. The van der Waals surface area contributed by atoms with Gasteiger partial charge in [0.1, 0.15) is 18.8 Å². The maximum absolute atomic E-state index is 12.4. The van der Waals surface area contributed by atoms with Crippen molar-refractivity contribution in [1.29, 1.82) is 0 Å². The summed E-state index contributed by atoms with van der Waals surface area (Å²) < 4.78 is 16.5. The number of carbonyl (C=O) groups excluding carboxylic acids is 2. The predicted octanol–water partition coefficient (Wildman–Crippen LogP) is 3.64. The molecule has 0 spiro atoms. The van der Waals surface area contributed by atoms with Crippen molar-refractivity contribution in [3.63, 3.8) is 0 Å². The van der Waals surface area contributed by atoms with E-state index in [1.165, 1.54) is 5.56 Å². The van der Waals surface area contributed by atoms with E-state index in [1.807, 2.05) is 6.07 Å². The summed E-state index contributed by atoms with van der Waals surface area (Å²) in [5.74, 6) is 0.715. The predicted molar refractivity (Wildman–Crippen MR) is 112 cm³/mol. The maximum atomic E-state index is 12.4. The van der Waals surface area contributed by atoms with E-state index in [-0.39, 0.29) is 12.3 Å². The van der Waals surface area contributed by atoms with E-state index in [0.29, 0.717) is 36.2 Å². The molecule has 30 heavy (non-hydrogen) atoms. The van der Waals surface area contributed by atoms with Gasteiger partial charge in [0.2, 0.25) is 5.91 Å². The smallest absolute Gasteiger partial charge is 0.269 e. The number of hydrogen-bond acceptors (Lipinski definition) is 5. The first-order chi connectivity index (χ1) is 14.4. The number of carbonyl (C=O) groups is 2. The molecule has 0 unspecified atom stereocenters. The highest BCUT2D eigenvalue weighted by Crippen LogP contribution is 2.31. The van der Waals surface area contributed by atoms with Crippen molar-refractivity contribution in [2.24, 2.45) is 0 Å². The number of hydrogen-bond donors (Lipinski definition) is 2. The van der Waals surface area contributed by atoms with Gasteiger partial charge in [0.25, 0.3) is 5.91 Å². The minimum Gasteiger partial charge on any atom is -0.486 e. The largest absolute Gasteiger partial charge is 0.486 e. The highest BCUT2D eigenvalue weighted by molar-refractivity contribution is 5.96. The summed E-state index contributed by atoms with van der Waals surface area (Å²) in [6.07, 6.45) is 1.69. The number of ether oxygens (including phenoxy) is 2. The van der Waals surface area contributed by atoms with Crippen LogP contribution in [0.5, 0.6) is 11.5 Å². The van der Waals surface area contributed by atoms with Crippen molar-refractivity contribution < 1.29 is 23.5 Å². The average molecular weight is 408 g/mol. The van der Waals surface area contributed by atoms with Gasteiger partial charge in [-0.3, -0.25) is 20.4 Å². The fraction of sp³-hybridized carbons (Fsp3) is 0.304. The van der Waals surface area contributed by atoms with Crippen LogP contribution in [0.15, 0.2) is 41.0 Å². The third kappa shape index (κ3) is 3.96. The Morgan fingerprint density at radius 3 is 2.57 bits per heavy atom. The molecule has 1 aliphatic rings. The number of benzene rings is 2. The van der Waals surface area contributed by atoms with Gasteiger partial charge in [0.05, 0.1) is 12.7 Å². The van der Waals surface area contributed by atoms with Crippen molar-refractivity contribution in [2.75, 3.05) is 13.2 Å². The summed E-state index contributed by atoms with van der Waals surface area (Å²) in [5.41, 5.74) is 9.17. The first-order valence-corrected chi connectivity index (χ1v) is 9.92. The zero-order valence-corrected chi connectivity index (χ0v) is 17.2. The number of hydrazine groups is 1. The van der Waals surface area contributed by atoms with Crippen LogP contribution in [0.2, 0.25) is 0 Å². The molecule has 2 amide bonds. The molecule has 0 saturated heterocycles. The fourth-order valence-corrected chi connectivity index (χ4v) is 3.60. The van der Waals surface area contributed by atoms with Crippen LogP contribution in [0.25, 0.3) is 11.0 Å². The SMILES string of the molecule is Cc1cc2occ(CC(=O)NNC(=O)c3ccc4c(c3)OCCO4)c2cc1C(C)C. The Morgan fingerprint density at radius 2 is 1.80 bits per heavy atom. The fourth-order valence-electron chi connectivity index (χ4n) is 3.60. The third-order valence-electron chi connectivity index (χ3n) is 5.14. The van der Waals surface area contributed by atoms with Crippen molar-refractivity contribution in [3.8, 4) is 11.5 Å². The van der Waals surface area contributed by atoms with Crippen LogP contribution >= 0.6 is 0 Å². The second-order valence-electron chi connectivity index (χ2n) is 7.66. The van der Waals surface area contributed by atoms with Gasteiger partial charge in [-0.25, -0.2) is 0 Å². The van der Waals surface area contributed by atoms with Gasteiger partial charge in [-0.1, -0.05) is 13.8 Å². The normalized spacial score (nSPS) is 12.8. The first-order valence-electron chi connectivity index (χ1n) is 9.92. The van der Waals surface area contributed by atoms with Gasteiger partial charge in [0.15, 0.2) is 11.5 Å². The number of aryl methyl sites for hydroxylation is 1. The third-order valence-corrected chi connectivity index (χ3v) is 5.14. The summed E-state index contributed by atoms with van der Waals surface area (Å²) >= 11 is 0. The molecule has 1 aliphatic heterocycles. The minimum absolute atomic E-state index is 0.0923. The van der Waals surface area contributed by atoms with E-state index < -0.39 is 5.91 Å². The Balaban J connectivity index is 1.41. The van der Waals surface area contributed by atoms with E-state index in [9.17, 15) is 9.59 Å². The summed E-state index contributed by atoms with van der Waals surface area (Å²) in [4.78, 5) is 24.8. The standard InChI is InChI=1S/C23H24N2O5/c1-13(2)17-11-18-16(12-30-20(18)8-14(17)3)10-22(26)24-25-23(27)15-4-5-19-21(9-15)29-7-6-28-19/h4-5,8-9,11-13H,6-7,10H2,1-3H3,(H,24,26)(H,25,27). The lowest BCUT2D eigenvalue weighted by atomic mass is 9.95. The molecule has 0 atom stereocenters. The van der Waals surface area contributed by atoms with Crippen LogP contribution in [0.3, 0.4) is 0 Å². The molecular formula is C23H24N2O5. The van der Waals surface area contributed by atoms with Crippen molar-refractivity contribution in [2.45, 2.75) is 33.1 Å². The molecule has 2 aromatic carbocycles. The summed E-state index contributed by atoms with van der Waals surface area (Å²) in [7, 11) is 0. The lowest BCUT2D eigenvalue weighted by molar-refractivity contribution is -0.121. The van der Waals surface area contributed by atoms with Crippen molar-refractivity contribution >= 4 is 22.8 Å². The van der Waals surface area contributed by atoms with E-state index in [0.717, 1.165) is 22.1 Å². The van der Waals surface area contributed by atoms with Gasteiger partial charge in [-0.15, -0.1) is 0 Å². The highest BCUT2D eigenvalue weighted by Gasteiger charge is 2.17. The zero-order valence-electron chi connectivity index (χ0n) is 17.2. The topological polar surface area (TPSA) is 89.8 Å². The van der Waals surface area contributed by atoms with Gasteiger partial charge < -0.3 is 13.9 Å². The average Bonchev–Trinajstić information content (AvgIpc) is 3.12. The quantitative estimate of drug-likeness (QED) is 0.644. The molecule has 0 saturated carbocycles. The minimum atomic E-state index is -0.435. The zero-order chi connectivity index (χ0) is 21.3. The van der Waals surface area contributed by atoms with Crippen LogP contribution in [0, 0.1) is 6.92 Å². The molecule has 3 aromatic rings. The number of fused-ring (bicyclic) bond motifs is 2. The Morgan fingerprint density at radius 1 is 1.03 bits per heavy atom. The highest BCUT2D eigenvalue weighted by atomic mass is 16.6. The van der Waals surface area contributed by atoms with Gasteiger partial charge in [-0.05, 0) is 54.3 Å². The maximum Gasteiger partial charge on any atom is 0.269 e. The Bertz CT molecular complexity index is 1120. The van der Waals surface area contributed by atoms with Gasteiger partial charge in [-0.2, -0.15) is 0 Å². The van der Waals surface area contributed by atoms with Crippen LogP contribution in [-0.2, 0) is 11.2 Å². The van der Waals surface area contributed by atoms with Gasteiger partial charge >= 0.3 is 0 Å². The van der Waals surface area contributed by atoms with Gasteiger partial charge in [0, 0.05) is 16.5 Å². The number of nitrogens with one attached hydrogen (secondary N) is 2. The number of amides is 2. The Hall–Kier alpha value is -3.48. The van der Waals surface area contributed by atoms with Crippen LogP contribution in [0.4, 0.5) is 0 Å². The Labute approximate surface area is 174 Å². The number of rotatable bonds is 4. The molecule has 2 heterocycles. The molecule has 0 fully saturated rings. The molecule has 0 radical (unpaired) electrons. The van der Waals surface area contributed by atoms with E-state index in [1.54, 1.807) is 24.5 Å². The van der Waals surface area contributed by atoms with E-state index >= 15 is 0 Å². The molecule has 7 heteroatoms. The molecule has 2 N–H and O–H groups in total.